The molecule has 0 aromatic heterocycles. The molecule has 0 atom stereocenters. The summed E-state index contributed by atoms with van der Waals surface area (Å²) in [7, 11) is 6.71. The van der Waals surface area contributed by atoms with Gasteiger partial charge in [-0.05, 0) is 42.7 Å². The summed E-state index contributed by atoms with van der Waals surface area (Å²) < 4.78 is 21.6. The first-order valence-electron chi connectivity index (χ1n) is 9.98. The van der Waals surface area contributed by atoms with E-state index in [2.05, 4.69) is 34.7 Å². The van der Waals surface area contributed by atoms with E-state index in [1.54, 1.807) is 28.4 Å². The Morgan fingerprint density at radius 2 is 1.70 bits per heavy atom. The molecule has 2 rings (SSSR count). The molecule has 0 saturated heterocycles. The minimum atomic E-state index is 0.519. The second-order valence-electron chi connectivity index (χ2n) is 6.74. The van der Waals surface area contributed by atoms with Gasteiger partial charge in [0.25, 0.3) is 0 Å². The molecule has 7 heteroatoms. The van der Waals surface area contributed by atoms with E-state index in [9.17, 15) is 0 Å². The second kappa shape index (κ2) is 12.6. The highest BCUT2D eigenvalue weighted by Gasteiger charge is 2.07. The van der Waals surface area contributed by atoms with Gasteiger partial charge in [0.15, 0.2) is 17.5 Å². The fourth-order valence-corrected chi connectivity index (χ4v) is 2.94. The number of aliphatic imine (C=N–C) groups is 1. The largest absolute Gasteiger partial charge is 0.493 e. The number of benzene rings is 2. The summed E-state index contributed by atoms with van der Waals surface area (Å²) in [5.74, 6) is 3.06. The van der Waals surface area contributed by atoms with Crippen LogP contribution in [0, 0.1) is 6.92 Å². The molecule has 0 unspecified atom stereocenters. The topological polar surface area (TPSA) is 73.3 Å². The molecular weight excluding hydrogens is 382 g/mol. The maximum atomic E-state index is 5.86. The number of hydrogen-bond donors (Lipinski definition) is 2. The monoisotopic (exact) mass is 415 g/mol. The Balaban J connectivity index is 1.88. The predicted molar refractivity (Wildman–Crippen MR) is 120 cm³/mol. The molecule has 0 radical (unpaired) electrons. The van der Waals surface area contributed by atoms with E-state index in [-0.39, 0.29) is 0 Å². The van der Waals surface area contributed by atoms with Crippen LogP contribution in [0.3, 0.4) is 0 Å². The van der Waals surface area contributed by atoms with Gasteiger partial charge in [0.2, 0.25) is 0 Å². The first kappa shape index (κ1) is 23.3. The van der Waals surface area contributed by atoms with Crippen molar-refractivity contribution in [2.75, 3.05) is 48.1 Å². The summed E-state index contributed by atoms with van der Waals surface area (Å²) >= 11 is 0. The third-order valence-corrected chi connectivity index (χ3v) is 4.59. The molecular formula is C23H33N3O4. The van der Waals surface area contributed by atoms with E-state index < -0.39 is 0 Å². The lowest BCUT2D eigenvalue weighted by molar-refractivity contribution is 0.145. The predicted octanol–water partition coefficient (Wildman–Crippen LogP) is 2.95. The van der Waals surface area contributed by atoms with Crippen LogP contribution in [-0.4, -0.2) is 54.1 Å². The zero-order valence-corrected chi connectivity index (χ0v) is 18.6. The van der Waals surface area contributed by atoms with E-state index >= 15 is 0 Å². The van der Waals surface area contributed by atoms with Crippen LogP contribution in [0.25, 0.3) is 0 Å². The SMILES string of the molecule is CN=C(NCCc1ccc(OC)c(OC)c1)NCc1ccc(C)cc1OCCOC. The van der Waals surface area contributed by atoms with Crippen LogP contribution >= 0.6 is 0 Å². The van der Waals surface area contributed by atoms with Gasteiger partial charge in [-0.15, -0.1) is 0 Å². The standard InChI is InChI=1S/C23H33N3O4/c1-17-6-8-19(21(14-17)30-13-12-27-3)16-26-23(24-2)25-11-10-18-7-9-20(28-4)22(15-18)29-5/h6-9,14-15H,10-13,16H2,1-5H3,(H2,24,25,26). The molecule has 0 heterocycles. The summed E-state index contributed by atoms with van der Waals surface area (Å²) in [5, 5.41) is 6.69. The van der Waals surface area contributed by atoms with Crippen molar-refractivity contribution in [2.24, 2.45) is 4.99 Å². The van der Waals surface area contributed by atoms with Gasteiger partial charge in [0.05, 0.1) is 20.8 Å². The number of guanidine groups is 1. The smallest absolute Gasteiger partial charge is 0.191 e. The average Bonchev–Trinajstić information content (AvgIpc) is 2.77. The molecule has 0 bridgehead atoms. The normalized spacial score (nSPS) is 11.2. The molecule has 30 heavy (non-hydrogen) atoms. The molecule has 0 aliphatic heterocycles. The van der Waals surface area contributed by atoms with Crippen molar-refractivity contribution in [3.8, 4) is 17.2 Å². The average molecular weight is 416 g/mol. The van der Waals surface area contributed by atoms with Crippen LogP contribution in [0.5, 0.6) is 17.2 Å². The minimum Gasteiger partial charge on any atom is -0.493 e. The highest BCUT2D eigenvalue weighted by atomic mass is 16.5. The number of ether oxygens (including phenoxy) is 4. The maximum Gasteiger partial charge on any atom is 0.191 e. The van der Waals surface area contributed by atoms with Gasteiger partial charge >= 0.3 is 0 Å². The maximum absolute atomic E-state index is 5.86. The Morgan fingerprint density at radius 1 is 0.900 bits per heavy atom. The van der Waals surface area contributed by atoms with Crippen molar-refractivity contribution in [3.05, 3.63) is 53.1 Å². The van der Waals surface area contributed by atoms with Gasteiger partial charge in [-0.1, -0.05) is 18.2 Å². The second-order valence-corrected chi connectivity index (χ2v) is 6.74. The number of aryl methyl sites for hydroxylation is 1. The zero-order valence-electron chi connectivity index (χ0n) is 18.6. The Labute approximate surface area is 179 Å². The third-order valence-electron chi connectivity index (χ3n) is 4.59. The molecule has 0 aliphatic rings. The van der Waals surface area contributed by atoms with Crippen molar-refractivity contribution >= 4 is 5.96 Å². The Morgan fingerprint density at radius 3 is 2.40 bits per heavy atom. The molecule has 164 valence electrons. The number of rotatable bonds is 11. The molecule has 2 N–H and O–H groups in total. The summed E-state index contributed by atoms with van der Waals surface area (Å²) in [5.41, 5.74) is 3.38. The van der Waals surface area contributed by atoms with Crippen LogP contribution in [0.1, 0.15) is 16.7 Å². The third kappa shape index (κ3) is 7.15. The Bertz CT molecular complexity index is 824. The summed E-state index contributed by atoms with van der Waals surface area (Å²) in [6.45, 7) is 4.47. The van der Waals surface area contributed by atoms with Crippen LogP contribution in [0.15, 0.2) is 41.4 Å². The zero-order chi connectivity index (χ0) is 21.8. The number of nitrogens with zero attached hydrogens (tertiary/aromatic N) is 1. The van der Waals surface area contributed by atoms with E-state index in [1.807, 2.05) is 24.3 Å². The van der Waals surface area contributed by atoms with Crippen molar-refractivity contribution in [2.45, 2.75) is 19.9 Å². The Hall–Kier alpha value is -2.93. The molecule has 2 aromatic carbocycles. The van der Waals surface area contributed by atoms with E-state index in [4.69, 9.17) is 18.9 Å². The number of nitrogens with one attached hydrogen (secondary N) is 2. The van der Waals surface area contributed by atoms with Gasteiger partial charge in [-0.2, -0.15) is 0 Å². The Kier molecular flexibility index (Phi) is 9.80. The molecule has 0 spiro atoms. The fraction of sp³-hybridized carbons (Fsp3) is 0.435. The van der Waals surface area contributed by atoms with Crippen molar-refractivity contribution in [1.29, 1.82) is 0 Å². The van der Waals surface area contributed by atoms with Crippen LogP contribution in [0.4, 0.5) is 0 Å². The first-order valence-corrected chi connectivity index (χ1v) is 9.98. The minimum absolute atomic E-state index is 0.519. The summed E-state index contributed by atoms with van der Waals surface area (Å²) in [6.07, 6.45) is 0.830. The van der Waals surface area contributed by atoms with E-state index in [1.165, 1.54) is 0 Å². The van der Waals surface area contributed by atoms with Crippen LogP contribution in [-0.2, 0) is 17.7 Å². The molecule has 0 amide bonds. The first-order chi connectivity index (χ1) is 14.6. The molecule has 0 aliphatic carbocycles. The van der Waals surface area contributed by atoms with Gasteiger partial charge in [-0.25, -0.2) is 0 Å². The summed E-state index contributed by atoms with van der Waals surface area (Å²) in [4.78, 5) is 4.31. The van der Waals surface area contributed by atoms with E-state index in [0.29, 0.717) is 19.8 Å². The van der Waals surface area contributed by atoms with E-state index in [0.717, 1.165) is 52.9 Å². The molecule has 7 nitrogen and oxygen atoms in total. The lowest BCUT2D eigenvalue weighted by Gasteiger charge is -2.16. The van der Waals surface area contributed by atoms with Gasteiger partial charge in [0, 0.05) is 32.8 Å². The van der Waals surface area contributed by atoms with Crippen molar-refractivity contribution in [3.63, 3.8) is 0 Å². The quantitative estimate of drug-likeness (QED) is 0.334. The number of methoxy groups -OCH3 is 3. The van der Waals surface area contributed by atoms with Crippen molar-refractivity contribution in [1.82, 2.24) is 10.6 Å². The lowest BCUT2D eigenvalue weighted by Crippen LogP contribution is -2.38. The lowest BCUT2D eigenvalue weighted by atomic mass is 10.1. The van der Waals surface area contributed by atoms with Crippen LogP contribution < -0.4 is 24.8 Å². The highest BCUT2D eigenvalue weighted by molar-refractivity contribution is 5.79. The summed E-state index contributed by atoms with van der Waals surface area (Å²) in [6, 6.07) is 12.1. The number of hydrogen-bond acceptors (Lipinski definition) is 5. The molecule has 0 fully saturated rings. The molecule has 0 saturated carbocycles. The van der Waals surface area contributed by atoms with Crippen molar-refractivity contribution < 1.29 is 18.9 Å². The highest BCUT2D eigenvalue weighted by Crippen LogP contribution is 2.27. The van der Waals surface area contributed by atoms with Gasteiger partial charge < -0.3 is 29.6 Å². The molecule has 2 aromatic rings. The van der Waals surface area contributed by atoms with Gasteiger partial charge in [0.1, 0.15) is 12.4 Å². The fourth-order valence-electron chi connectivity index (χ4n) is 2.94. The van der Waals surface area contributed by atoms with Gasteiger partial charge in [-0.3, -0.25) is 4.99 Å². The van der Waals surface area contributed by atoms with Crippen LogP contribution in [0.2, 0.25) is 0 Å².